The quantitative estimate of drug-likeness (QED) is 0.483. The molecule has 0 atom stereocenters. The number of benzene rings is 2. The van der Waals surface area contributed by atoms with E-state index in [1.165, 1.54) is 13.1 Å². The third-order valence-electron chi connectivity index (χ3n) is 4.09. The van der Waals surface area contributed by atoms with Crippen molar-refractivity contribution in [2.45, 2.75) is 13.5 Å². The zero-order valence-electron chi connectivity index (χ0n) is 15.6. The zero-order valence-corrected chi connectivity index (χ0v) is 17.9. The van der Waals surface area contributed by atoms with Crippen LogP contribution in [0, 0.1) is 0 Å². The monoisotopic (exact) mass is 454 g/mol. The number of halogens is 3. The Morgan fingerprint density at radius 2 is 1.79 bits per heavy atom. The Morgan fingerprint density at radius 3 is 2.41 bits per heavy atom. The fourth-order valence-electron chi connectivity index (χ4n) is 2.65. The van der Waals surface area contributed by atoms with E-state index in [1.54, 1.807) is 30.3 Å². The molecule has 9 heteroatoms. The molecule has 0 bridgehead atoms. The Labute approximate surface area is 182 Å². The number of urea groups is 1. The molecule has 0 saturated carbocycles. The minimum Gasteiger partial charge on any atom is -0.490 e. The van der Waals surface area contributed by atoms with Crippen molar-refractivity contribution in [2.24, 2.45) is 0 Å². The summed E-state index contributed by atoms with van der Waals surface area (Å²) in [5, 5.41) is 3.69. The summed E-state index contributed by atoms with van der Waals surface area (Å²) in [4.78, 5) is 24.7. The summed E-state index contributed by atoms with van der Waals surface area (Å²) >= 11 is 18.4. The molecule has 0 aromatic heterocycles. The van der Waals surface area contributed by atoms with Crippen LogP contribution in [0.4, 0.5) is 4.79 Å². The first-order valence-electron chi connectivity index (χ1n) is 8.64. The van der Waals surface area contributed by atoms with E-state index in [4.69, 9.17) is 44.3 Å². The third kappa shape index (κ3) is 4.78. The lowest BCUT2D eigenvalue weighted by Gasteiger charge is -2.15. The van der Waals surface area contributed by atoms with Gasteiger partial charge in [-0.2, -0.15) is 0 Å². The second kappa shape index (κ2) is 8.95. The average Bonchev–Trinajstić information content (AvgIpc) is 2.91. The standard InChI is InChI=1S/C20H17Cl3N2O4/c1-3-28-17-9-12(8-16-19(26)25(2)20(27)24-16)7-15(23)18(17)29-10-11-4-5-13(21)14(22)6-11/h4-9H,3,10H2,1-2H3,(H,24,27)/b16-8+. The van der Waals surface area contributed by atoms with E-state index in [1.807, 2.05) is 6.92 Å². The van der Waals surface area contributed by atoms with Gasteiger partial charge in [0.2, 0.25) is 0 Å². The molecule has 1 N–H and O–H groups in total. The normalized spacial score (nSPS) is 15.1. The van der Waals surface area contributed by atoms with Gasteiger partial charge < -0.3 is 14.8 Å². The number of imide groups is 1. The Bertz CT molecular complexity index is 1010. The molecular formula is C20H17Cl3N2O4. The van der Waals surface area contributed by atoms with Gasteiger partial charge in [0, 0.05) is 7.05 Å². The molecule has 3 rings (SSSR count). The van der Waals surface area contributed by atoms with Crippen LogP contribution in [0.1, 0.15) is 18.1 Å². The lowest BCUT2D eigenvalue weighted by molar-refractivity contribution is -0.121. The molecule has 152 valence electrons. The number of carbonyl (C=O) groups excluding carboxylic acids is 2. The van der Waals surface area contributed by atoms with Crippen LogP contribution in [0.3, 0.4) is 0 Å². The van der Waals surface area contributed by atoms with Gasteiger partial charge in [-0.1, -0.05) is 40.9 Å². The molecule has 29 heavy (non-hydrogen) atoms. The number of ether oxygens (including phenoxy) is 2. The molecule has 0 unspecified atom stereocenters. The molecule has 3 amide bonds. The van der Waals surface area contributed by atoms with Crippen molar-refractivity contribution in [3.63, 3.8) is 0 Å². The maximum atomic E-state index is 12.1. The molecule has 0 spiro atoms. The summed E-state index contributed by atoms with van der Waals surface area (Å²) in [7, 11) is 1.40. The van der Waals surface area contributed by atoms with Crippen molar-refractivity contribution in [2.75, 3.05) is 13.7 Å². The molecule has 1 fully saturated rings. The van der Waals surface area contributed by atoms with Crippen molar-refractivity contribution in [3.8, 4) is 11.5 Å². The first-order valence-corrected chi connectivity index (χ1v) is 9.77. The lowest BCUT2D eigenvalue weighted by atomic mass is 10.1. The molecule has 6 nitrogen and oxygen atoms in total. The number of nitrogens with zero attached hydrogens (tertiary/aromatic N) is 1. The van der Waals surface area contributed by atoms with E-state index >= 15 is 0 Å². The van der Waals surface area contributed by atoms with Crippen LogP contribution in [0.2, 0.25) is 15.1 Å². The van der Waals surface area contributed by atoms with E-state index in [2.05, 4.69) is 5.32 Å². The topological polar surface area (TPSA) is 67.9 Å². The second-order valence-corrected chi connectivity index (χ2v) is 7.37. The maximum absolute atomic E-state index is 12.1. The van der Waals surface area contributed by atoms with Crippen LogP contribution in [-0.2, 0) is 11.4 Å². The number of amides is 3. The first-order chi connectivity index (χ1) is 13.8. The highest BCUT2D eigenvalue weighted by Crippen LogP contribution is 2.38. The Morgan fingerprint density at radius 1 is 1.03 bits per heavy atom. The van der Waals surface area contributed by atoms with Crippen LogP contribution < -0.4 is 14.8 Å². The Balaban J connectivity index is 1.87. The van der Waals surface area contributed by atoms with Gasteiger partial charge in [-0.3, -0.25) is 9.69 Å². The van der Waals surface area contributed by atoms with Crippen LogP contribution in [0.25, 0.3) is 6.08 Å². The van der Waals surface area contributed by atoms with Gasteiger partial charge in [-0.25, -0.2) is 4.79 Å². The van der Waals surface area contributed by atoms with Crippen LogP contribution in [0.15, 0.2) is 36.0 Å². The van der Waals surface area contributed by atoms with Gasteiger partial charge >= 0.3 is 6.03 Å². The fraction of sp³-hybridized carbons (Fsp3) is 0.200. The third-order valence-corrected chi connectivity index (χ3v) is 5.11. The average molecular weight is 456 g/mol. The molecular weight excluding hydrogens is 439 g/mol. The number of hydrogen-bond acceptors (Lipinski definition) is 4. The van der Waals surface area contributed by atoms with Crippen molar-refractivity contribution in [1.29, 1.82) is 0 Å². The van der Waals surface area contributed by atoms with Gasteiger partial charge in [0.05, 0.1) is 21.7 Å². The molecule has 0 radical (unpaired) electrons. The van der Waals surface area contributed by atoms with Crippen LogP contribution in [0.5, 0.6) is 11.5 Å². The van der Waals surface area contributed by atoms with E-state index in [0.29, 0.717) is 38.7 Å². The predicted molar refractivity (Wildman–Crippen MR) is 113 cm³/mol. The van der Waals surface area contributed by atoms with Crippen molar-refractivity contribution in [3.05, 3.63) is 62.2 Å². The van der Waals surface area contributed by atoms with Crippen molar-refractivity contribution >= 4 is 52.8 Å². The van der Waals surface area contributed by atoms with E-state index in [9.17, 15) is 9.59 Å². The fourth-order valence-corrected chi connectivity index (χ4v) is 3.24. The smallest absolute Gasteiger partial charge is 0.328 e. The lowest BCUT2D eigenvalue weighted by Crippen LogP contribution is -2.25. The summed E-state index contributed by atoms with van der Waals surface area (Å²) in [6, 6.07) is 8.02. The number of nitrogens with one attached hydrogen (secondary N) is 1. The van der Waals surface area contributed by atoms with Gasteiger partial charge in [-0.05, 0) is 48.4 Å². The van der Waals surface area contributed by atoms with Crippen molar-refractivity contribution < 1.29 is 19.1 Å². The van der Waals surface area contributed by atoms with Gasteiger partial charge in [0.15, 0.2) is 11.5 Å². The maximum Gasteiger partial charge on any atom is 0.328 e. The van der Waals surface area contributed by atoms with Crippen LogP contribution >= 0.6 is 34.8 Å². The van der Waals surface area contributed by atoms with E-state index < -0.39 is 11.9 Å². The number of rotatable bonds is 6. The largest absolute Gasteiger partial charge is 0.490 e. The highest BCUT2D eigenvalue weighted by molar-refractivity contribution is 6.42. The highest BCUT2D eigenvalue weighted by Gasteiger charge is 2.30. The molecule has 1 aliphatic rings. The molecule has 1 heterocycles. The first kappa shape index (κ1) is 21.3. The summed E-state index contributed by atoms with van der Waals surface area (Å²) < 4.78 is 11.5. The van der Waals surface area contributed by atoms with Crippen molar-refractivity contribution in [1.82, 2.24) is 10.2 Å². The summed E-state index contributed by atoms with van der Waals surface area (Å²) in [5.41, 5.74) is 1.55. The molecule has 2 aromatic carbocycles. The summed E-state index contributed by atoms with van der Waals surface area (Å²) in [6.07, 6.45) is 1.53. The Kier molecular flexibility index (Phi) is 6.57. The molecule has 1 aliphatic heterocycles. The number of carbonyl (C=O) groups is 2. The van der Waals surface area contributed by atoms with Gasteiger partial charge in [-0.15, -0.1) is 0 Å². The van der Waals surface area contributed by atoms with Crippen LogP contribution in [-0.4, -0.2) is 30.5 Å². The minimum absolute atomic E-state index is 0.153. The molecule has 1 saturated heterocycles. The van der Waals surface area contributed by atoms with E-state index in [-0.39, 0.29) is 12.3 Å². The highest BCUT2D eigenvalue weighted by atomic mass is 35.5. The van der Waals surface area contributed by atoms with Gasteiger partial charge in [0.25, 0.3) is 5.91 Å². The molecule has 0 aliphatic carbocycles. The zero-order chi connectivity index (χ0) is 21.1. The number of likely N-dealkylation sites (N-methyl/N-ethyl adjacent to an activating group) is 1. The number of hydrogen-bond donors (Lipinski definition) is 1. The SMILES string of the molecule is CCOc1cc(/C=C2/NC(=O)N(C)C2=O)cc(Cl)c1OCc1ccc(Cl)c(Cl)c1. The van der Waals surface area contributed by atoms with E-state index in [0.717, 1.165) is 10.5 Å². The van der Waals surface area contributed by atoms with Gasteiger partial charge in [0.1, 0.15) is 12.3 Å². The Hall–Kier alpha value is -2.41. The summed E-state index contributed by atoms with van der Waals surface area (Å²) in [6.45, 7) is 2.42. The second-order valence-electron chi connectivity index (χ2n) is 6.15. The predicted octanol–water partition coefficient (Wildman–Crippen LogP) is 5.15. The summed E-state index contributed by atoms with van der Waals surface area (Å²) in [5.74, 6) is 0.349. The minimum atomic E-state index is -0.487. The molecule has 2 aromatic rings.